The summed E-state index contributed by atoms with van der Waals surface area (Å²) in [5.74, 6) is 1.12. The van der Waals surface area contributed by atoms with E-state index in [0.717, 1.165) is 0 Å². The van der Waals surface area contributed by atoms with Crippen molar-refractivity contribution in [2.75, 3.05) is 18.5 Å². The third-order valence-corrected chi connectivity index (χ3v) is 3.36. The second kappa shape index (κ2) is 5.07. The van der Waals surface area contributed by atoms with Gasteiger partial charge in [-0.2, -0.15) is 0 Å². The fourth-order valence-electron chi connectivity index (χ4n) is 2.01. The van der Waals surface area contributed by atoms with Crippen LogP contribution in [0.25, 0.3) is 0 Å². The van der Waals surface area contributed by atoms with E-state index >= 15 is 0 Å². The number of ether oxygens (including phenoxy) is 1. The Bertz CT molecular complexity index is 474. The van der Waals surface area contributed by atoms with E-state index in [1.807, 2.05) is 13.8 Å². The van der Waals surface area contributed by atoms with Crippen LogP contribution in [-0.2, 0) is 11.2 Å². The van der Waals surface area contributed by atoms with Gasteiger partial charge in [0.25, 0.3) is 5.56 Å². The lowest BCUT2D eigenvalue weighted by molar-refractivity contribution is -0.0176. The summed E-state index contributed by atoms with van der Waals surface area (Å²) in [6.07, 6.45) is 1.04. The maximum absolute atomic E-state index is 11.4. The van der Waals surface area contributed by atoms with E-state index in [1.54, 1.807) is 0 Å². The monoisotopic (exact) mass is 253 g/mol. The molecule has 2 atom stereocenters. The van der Waals surface area contributed by atoms with Gasteiger partial charge in [-0.25, -0.2) is 4.98 Å². The molecular formula is C12H19N3O3. The maximum Gasteiger partial charge on any atom is 0.252 e. The van der Waals surface area contributed by atoms with Crippen molar-refractivity contribution in [3.63, 3.8) is 0 Å². The molecule has 2 heterocycles. The number of anilines is 1. The molecule has 1 aromatic heterocycles. The van der Waals surface area contributed by atoms with Crippen LogP contribution < -0.4 is 10.9 Å². The van der Waals surface area contributed by atoms with Crippen molar-refractivity contribution < 1.29 is 9.84 Å². The number of nitrogens with one attached hydrogen (secondary N) is 2. The maximum atomic E-state index is 11.4. The van der Waals surface area contributed by atoms with Crippen LogP contribution in [0, 0.1) is 0 Å². The second-order valence-electron chi connectivity index (χ2n) is 4.65. The smallest absolute Gasteiger partial charge is 0.252 e. The summed E-state index contributed by atoms with van der Waals surface area (Å²) in [6.45, 7) is 4.65. The first-order valence-corrected chi connectivity index (χ1v) is 6.21. The van der Waals surface area contributed by atoms with Gasteiger partial charge in [0.15, 0.2) is 0 Å². The largest absolute Gasteiger partial charge is 0.385 e. The topological polar surface area (TPSA) is 87.2 Å². The van der Waals surface area contributed by atoms with Crippen molar-refractivity contribution in [3.05, 3.63) is 22.2 Å². The van der Waals surface area contributed by atoms with E-state index in [-0.39, 0.29) is 11.7 Å². The predicted molar refractivity (Wildman–Crippen MR) is 67.7 cm³/mol. The minimum absolute atomic E-state index is 0.188. The highest BCUT2D eigenvalue weighted by Crippen LogP contribution is 2.25. The first-order chi connectivity index (χ1) is 8.53. The van der Waals surface area contributed by atoms with E-state index in [1.165, 1.54) is 6.07 Å². The summed E-state index contributed by atoms with van der Waals surface area (Å²) in [6, 6.07) is 1.39. The van der Waals surface area contributed by atoms with Crippen molar-refractivity contribution in [1.29, 1.82) is 0 Å². The second-order valence-corrected chi connectivity index (χ2v) is 4.65. The predicted octanol–water partition coefficient (Wildman–Crippen LogP) is 0.284. The molecule has 1 saturated heterocycles. The van der Waals surface area contributed by atoms with Gasteiger partial charge < -0.3 is 20.1 Å². The van der Waals surface area contributed by atoms with Crippen LogP contribution in [0.5, 0.6) is 0 Å². The zero-order chi connectivity index (χ0) is 13.2. The fourth-order valence-corrected chi connectivity index (χ4v) is 2.01. The fraction of sp³-hybridized carbons (Fsp3) is 0.667. The van der Waals surface area contributed by atoms with Crippen LogP contribution in [0.4, 0.5) is 5.82 Å². The molecule has 1 aliphatic rings. The van der Waals surface area contributed by atoms with Crippen LogP contribution >= 0.6 is 0 Å². The quantitative estimate of drug-likeness (QED) is 0.717. The summed E-state index contributed by atoms with van der Waals surface area (Å²) in [5.41, 5.74) is -1.08. The molecule has 0 spiro atoms. The van der Waals surface area contributed by atoms with Gasteiger partial charge >= 0.3 is 0 Å². The molecule has 0 aromatic carbocycles. The van der Waals surface area contributed by atoms with Gasteiger partial charge in [0.2, 0.25) is 0 Å². The van der Waals surface area contributed by atoms with E-state index in [2.05, 4.69) is 15.3 Å². The molecule has 0 bridgehead atoms. The molecule has 0 amide bonds. The third-order valence-electron chi connectivity index (χ3n) is 3.36. The van der Waals surface area contributed by atoms with Crippen LogP contribution in [-0.4, -0.2) is 39.9 Å². The number of aliphatic hydroxyl groups is 1. The highest BCUT2D eigenvalue weighted by atomic mass is 16.5. The van der Waals surface area contributed by atoms with E-state index in [0.29, 0.717) is 37.6 Å². The molecule has 6 heteroatoms. The Kier molecular flexibility index (Phi) is 3.68. The highest BCUT2D eigenvalue weighted by Gasteiger charge is 2.39. The number of H-pyrrole nitrogens is 1. The Labute approximate surface area is 105 Å². The molecule has 1 fully saturated rings. The minimum atomic E-state index is -0.892. The number of hydrogen-bond acceptors (Lipinski definition) is 5. The first kappa shape index (κ1) is 13.0. The molecule has 6 nitrogen and oxygen atoms in total. The average molecular weight is 253 g/mol. The number of rotatable bonds is 4. The number of hydrogen-bond donors (Lipinski definition) is 3. The van der Waals surface area contributed by atoms with Crippen molar-refractivity contribution in [1.82, 2.24) is 9.97 Å². The Morgan fingerprint density at radius 1 is 1.72 bits per heavy atom. The molecule has 1 aliphatic heterocycles. The average Bonchev–Trinajstić information content (AvgIpc) is 2.67. The number of nitrogens with zero attached hydrogens (tertiary/aromatic N) is 1. The summed E-state index contributed by atoms with van der Waals surface area (Å²) in [7, 11) is 0. The van der Waals surface area contributed by atoms with E-state index in [4.69, 9.17) is 4.74 Å². The van der Waals surface area contributed by atoms with Gasteiger partial charge in [-0.05, 0) is 6.92 Å². The van der Waals surface area contributed by atoms with Crippen molar-refractivity contribution in [3.8, 4) is 0 Å². The highest BCUT2D eigenvalue weighted by molar-refractivity contribution is 5.33. The Morgan fingerprint density at radius 2 is 2.50 bits per heavy atom. The summed E-state index contributed by atoms with van der Waals surface area (Å²) in [5, 5.41) is 13.3. The summed E-state index contributed by atoms with van der Waals surface area (Å²) >= 11 is 0. The van der Waals surface area contributed by atoms with E-state index in [9.17, 15) is 9.90 Å². The summed E-state index contributed by atoms with van der Waals surface area (Å²) in [4.78, 5) is 18.3. The molecule has 1 aromatic rings. The molecule has 100 valence electrons. The summed E-state index contributed by atoms with van der Waals surface area (Å²) < 4.78 is 5.35. The molecule has 18 heavy (non-hydrogen) atoms. The Balaban J connectivity index is 2.06. The van der Waals surface area contributed by atoms with E-state index < -0.39 is 5.60 Å². The van der Waals surface area contributed by atoms with Gasteiger partial charge in [-0.1, -0.05) is 6.92 Å². The Hall–Kier alpha value is -1.40. The first-order valence-electron chi connectivity index (χ1n) is 6.21. The van der Waals surface area contributed by atoms with Crippen LogP contribution in [0.2, 0.25) is 0 Å². The molecular weight excluding hydrogens is 234 g/mol. The van der Waals surface area contributed by atoms with Crippen molar-refractivity contribution in [2.24, 2.45) is 0 Å². The van der Waals surface area contributed by atoms with Gasteiger partial charge in [0.1, 0.15) is 17.2 Å². The normalized spacial score (nSPS) is 27.4. The third kappa shape index (κ3) is 2.70. The molecule has 2 rings (SSSR count). The van der Waals surface area contributed by atoms with Gasteiger partial charge in [-0.15, -0.1) is 0 Å². The number of aromatic amines is 1. The zero-order valence-electron chi connectivity index (χ0n) is 10.7. The van der Waals surface area contributed by atoms with Gasteiger partial charge in [0, 0.05) is 32.1 Å². The lowest BCUT2D eigenvalue weighted by atomic mass is 9.97. The van der Waals surface area contributed by atoms with Crippen LogP contribution in [0.1, 0.15) is 26.1 Å². The number of aromatic nitrogens is 2. The van der Waals surface area contributed by atoms with Gasteiger partial charge in [-0.3, -0.25) is 4.79 Å². The van der Waals surface area contributed by atoms with Crippen LogP contribution in [0.3, 0.4) is 0 Å². The molecule has 3 N–H and O–H groups in total. The van der Waals surface area contributed by atoms with Gasteiger partial charge in [0.05, 0.1) is 6.10 Å². The standard InChI is InChI=1S/C12H19N3O3/c1-3-9-14-10(6-11(16)15-9)13-7-12(17)4-5-18-8(12)2/h6,8,17H,3-5,7H2,1-2H3,(H2,13,14,15,16). The SMILES string of the molecule is CCc1nc(NCC2(O)CCOC2C)cc(=O)[nH]1. The molecule has 0 aliphatic carbocycles. The number of aryl methyl sites for hydroxylation is 1. The molecule has 0 radical (unpaired) electrons. The minimum Gasteiger partial charge on any atom is -0.385 e. The van der Waals surface area contributed by atoms with Crippen LogP contribution in [0.15, 0.2) is 10.9 Å². The van der Waals surface area contributed by atoms with Crippen molar-refractivity contribution >= 4 is 5.82 Å². The lowest BCUT2D eigenvalue weighted by Gasteiger charge is -2.26. The Morgan fingerprint density at radius 3 is 3.11 bits per heavy atom. The zero-order valence-corrected chi connectivity index (χ0v) is 10.7. The van der Waals surface area contributed by atoms with Crippen molar-refractivity contribution in [2.45, 2.75) is 38.4 Å². The molecule has 0 saturated carbocycles. The lowest BCUT2D eigenvalue weighted by Crippen LogP contribution is -2.43. The molecule has 2 unspecified atom stereocenters.